The molecule has 3 aromatic carbocycles. The number of amides is 1. The number of carbonyl (C=O) groups is 1. The van der Waals surface area contributed by atoms with Crippen LogP contribution in [0.5, 0.6) is 5.75 Å². The van der Waals surface area contributed by atoms with E-state index in [2.05, 4.69) is 10.0 Å². The number of anilines is 2. The van der Waals surface area contributed by atoms with E-state index in [1.165, 1.54) is 24.3 Å². The Kier molecular flexibility index (Phi) is 6.64. The van der Waals surface area contributed by atoms with E-state index in [1.807, 2.05) is 19.1 Å². The number of benzene rings is 3. The van der Waals surface area contributed by atoms with E-state index in [0.29, 0.717) is 22.1 Å². The average molecular weight is 445 g/mol. The Balaban J connectivity index is 1.64. The predicted molar refractivity (Wildman–Crippen MR) is 119 cm³/mol. The lowest BCUT2D eigenvalue weighted by atomic mass is 10.2. The maximum Gasteiger partial charge on any atom is 0.265 e. The molecule has 0 aromatic heterocycles. The molecule has 0 unspecified atom stereocenters. The van der Waals surface area contributed by atoms with Crippen molar-refractivity contribution in [1.29, 1.82) is 0 Å². The molecule has 156 valence electrons. The number of hydrogen-bond acceptors (Lipinski definition) is 4. The van der Waals surface area contributed by atoms with E-state index in [9.17, 15) is 13.2 Å². The number of para-hydroxylation sites is 1. The lowest BCUT2D eigenvalue weighted by Crippen LogP contribution is -2.30. The number of rotatable bonds is 7. The van der Waals surface area contributed by atoms with Gasteiger partial charge in [-0.3, -0.25) is 9.52 Å². The van der Waals surface area contributed by atoms with Gasteiger partial charge in [0.15, 0.2) is 6.10 Å². The third kappa shape index (κ3) is 5.52. The highest BCUT2D eigenvalue weighted by Gasteiger charge is 2.17. The van der Waals surface area contributed by atoms with E-state index in [4.69, 9.17) is 16.3 Å². The lowest BCUT2D eigenvalue weighted by molar-refractivity contribution is -0.122. The molecule has 0 heterocycles. The molecule has 3 aromatic rings. The van der Waals surface area contributed by atoms with Crippen molar-refractivity contribution in [3.05, 3.63) is 83.4 Å². The molecule has 0 saturated heterocycles. The molecule has 0 bridgehead atoms. The van der Waals surface area contributed by atoms with Gasteiger partial charge in [-0.15, -0.1) is 0 Å². The summed E-state index contributed by atoms with van der Waals surface area (Å²) in [6.45, 7) is 3.44. The Morgan fingerprint density at radius 2 is 1.60 bits per heavy atom. The van der Waals surface area contributed by atoms with Crippen LogP contribution in [0.4, 0.5) is 11.4 Å². The minimum Gasteiger partial charge on any atom is -0.481 e. The predicted octanol–water partition coefficient (Wildman–Crippen LogP) is 4.86. The van der Waals surface area contributed by atoms with Crippen LogP contribution in [0, 0.1) is 6.92 Å². The van der Waals surface area contributed by atoms with Crippen molar-refractivity contribution in [3.8, 4) is 5.75 Å². The van der Waals surface area contributed by atoms with Crippen molar-refractivity contribution in [2.45, 2.75) is 24.8 Å². The van der Waals surface area contributed by atoms with Crippen molar-refractivity contribution in [3.63, 3.8) is 0 Å². The molecule has 8 heteroatoms. The highest BCUT2D eigenvalue weighted by Crippen LogP contribution is 2.21. The molecule has 2 N–H and O–H groups in total. The van der Waals surface area contributed by atoms with Crippen LogP contribution in [0.3, 0.4) is 0 Å². The van der Waals surface area contributed by atoms with E-state index < -0.39 is 16.1 Å². The van der Waals surface area contributed by atoms with E-state index in [-0.39, 0.29) is 10.8 Å². The Morgan fingerprint density at radius 1 is 0.967 bits per heavy atom. The summed E-state index contributed by atoms with van der Waals surface area (Å²) in [7, 11) is -3.74. The summed E-state index contributed by atoms with van der Waals surface area (Å²) in [5.41, 5.74) is 1.80. The van der Waals surface area contributed by atoms with Crippen molar-refractivity contribution in [2.75, 3.05) is 10.0 Å². The van der Waals surface area contributed by atoms with Gasteiger partial charge in [-0.1, -0.05) is 29.8 Å². The van der Waals surface area contributed by atoms with E-state index >= 15 is 0 Å². The van der Waals surface area contributed by atoms with Gasteiger partial charge < -0.3 is 10.1 Å². The maximum atomic E-state index is 12.6. The van der Waals surface area contributed by atoms with Gasteiger partial charge in [-0.05, 0) is 74.0 Å². The molecule has 1 atom stereocenters. The van der Waals surface area contributed by atoms with Crippen LogP contribution in [-0.2, 0) is 14.8 Å². The number of nitrogens with one attached hydrogen (secondary N) is 2. The van der Waals surface area contributed by atoms with Crippen molar-refractivity contribution in [1.82, 2.24) is 0 Å². The summed E-state index contributed by atoms with van der Waals surface area (Å²) < 4.78 is 33.3. The number of halogens is 1. The molecule has 0 aliphatic rings. The second kappa shape index (κ2) is 9.19. The number of sulfonamides is 1. The summed E-state index contributed by atoms with van der Waals surface area (Å²) in [6, 6.07) is 19.7. The van der Waals surface area contributed by atoms with Crippen molar-refractivity contribution < 1.29 is 17.9 Å². The largest absolute Gasteiger partial charge is 0.481 e. The summed E-state index contributed by atoms with van der Waals surface area (Å²) >= 11 is 5.83. The van der Waals surface area contributed by atoms with Crippen LogP contribution in [0.2, 0.25) is 5.02 Å². The number of carbonyl (C=O) groups excluding carboxylic acids is 1. The van der Waals surface area contributed by atoms with Gasteiger partial charge >= 0.3 is 0 Å². The SMILES string of the molecule is Cc1ccccc1NS(=O)(=O)c1ccc(NC(=O)[C@@H](C)Oc2ccc(Cl)cc2)cc1. The van der Waals surface area contributed by atoms with Gasteiger partial charge in [0.25, 0.3) is 15.9 Å². The number of ether oxygens (including phenoxy) is 1. The van der Waals surface area contributed by atoms with Crippen LogP contribution in [0.25, 0.3) is 0 Å². The van der Waals surface area contributed by atoms with Gasteiger partial charge in [-0.2, -0.15) is 0 Å². The summed E-state index contributed by atoms with van der Waals surface area (Å²) in [4.78, 5) is 12.4. The summed E-state index contributed by atoms with van der Waals surface area (Å²) in [6.07, 6.45) is -0.752. The molecule has 0 radical (unpaired) electrons. The van der Waals surface area contributed by atoms with Crippen molar-refractivity contribution in [2.24, 2.45) is 0 Å². The number of aryl methyl sites for hydroxylation is 1. The molecule has 3 rings (SSSR count). The standard InChI is InChI=1S/C22H21ClN2O4S/c1-15-5-3-4-6-21(15)25-30(27,28)20-13-9-18(10-14-20)24-22(26)16(2)29-19-11-7-17(23)8-12-19/h3-14,16,25H,1-2H3,(H,24,26)/t16-/m1/s1. The highest BCUT2D eigenvalue weighted by molar-refractivity contribution is 7.92. The maximum absolute atomic E-state index is 12.6. The third-order valence-electron chi connectivity index (χ3n) is 4.32. The Bertz CT molecular complexity index is 1130. The molecule has 0 fully saturated rings. The van der Waals surface area contributed by atoms with Gasteiger partial charge in [0.2, 0.25) is 0 Å². The van der Waals surface area contributed by atoms with Crippen LogP contribution < -0.4 is 14.8 Å². The quantitative estimate of drug-likeness (QED) is 0.545. The zero-order valence-corrected chi connectivity index (χ0v) is 18.0. The molecule has 0 aliphatic carbocycles. The fourth-order valence-corrected chi connectivity index (χ4v) is 3.88. The minimum absolute atomic E-state index is 0.0919. The highest BCUT2D eigenvalue weighted by atomic mass is 35.5. The zero-order chi connectivity index (χ0) is 21.7. The third-order valence-corrected chi connectivity index (χ3v) is 5.95. The Hall–Kier alpha value is -3.03. The second-order valence-electron chi connectivity index (χ2n) is 6.65. The first kappa shape index (κ1) is 21.7. The molecule has 0 spiro atoms. The molecule has 6 nitrogen and oxygen atoms in total. The van der Waals surface area contributed by atoms with Gasteiger partial charge in [-0.25, -0.2) is 8.42 Å². The van der Waals surface area contributed by atoms with E-state index in [1.54, 1.807) is 43.3 Å². The average Bonchev–Trinajstić information content (AvgIpc) is 2.71. The first-order chi connectivity index (χ1) is 14.2. The summed E-state index contributed by atoms with van der Waals surface area (Å²) in [5, 5.41) is 3.28. The van der Waals surface area contributed by atoms with Crippen molar-refractivity contribution >= 4 is 38.9 Å². The zero-order valence-electron chi connectivity index (χ0n) is 16.4. The van der Waals surface area contributed by atoms with Gasteiger partial charge in [0.1, 0.15) is 5.75 Å². The van der Waals surface area contributed by atoms with Crippen LogP contribution in [0.15, 0.2) is 77.7 Å². The second-order valence-corrected chi connectivity index (χ2v) is 8.77. The van der Waals surface area contributed by atoms with E-state index in [0.717, 1.165) is 5.56 Å². The fraction of sp³-hybridized carbons (Fsp3) is 0.136. The molecular formula is C22H21ClN2O4S. The minimum atomic E-state index is -3.74. The number of hydrogen-bond donors (Lipinski definition) is 2. The smallest absolute Gasteiger partial charge is 0.265 e. The Labute approximate surface area is 180 Å². The summed E-state index contributed by atoms with van der Waals surface area (Å²) in [5.74, 6) is 0.157. The molecule has 1 amide bonds. The topological polar surface area (TPSA) is 84.5 Å². The first-order valence-corrected chi connectivity index (χ1v) is 11.0. The van der Waals surface area contributed by atoms with Crippen LogP contribution >= 0.6 is 11.6 Å². The van der Waals surface area contributed by atoms with Gasteiger partial charge in [0.05, 0.1) is 10.6 Å². The lowest BCUT2D eigenvalue weighted by Gasteiger charge is -2.15. The molecule has 0 aliphatic heterocycles. The monoisotopic (exact) mass is 444 g/mol. The Morgan fingerprint density at radius 3 is 2.23 bits per heavy atom. The fourth-order valence-electron chi connectivity index (χ4n) is 2.62. The van der Waals surface area contributed by atoms with Crippen LogP contribution in [0.1, 0.15) is 12.5 Å². The molecule has 30 heavy (non-hydrogen) atoms. The first-order valence-electron chi connectivity index (χ1n) is 9.16. The molecular weight excluding hydrogens is 424 g/mol. The van der Waals surface area contributed by atoms with Gasteiger partial charge in [0, 0.05) is 10.7 Å². The molecule has 0 saturated carbocycles. The van der Waals surface area contributed by atoms with Crippen LogP contribution in [-0.4, -0.2) is 20.4 Å². The normalized spacial score (nSPS) is 12.1.